The average molecular weight is 490 g/mol. The summed E-state index contributed by atoms with van der Waals surface area (Å²) in [6.45, 7) is 5.55. The van der Waals surface area contributed by atoms with E-state index >= 15 is 0 Å². The minimum atomic E-state index is -0.624. The van der Waals surface area contributed by atoms with Gasteiger partial charge in [0.05, 0.1) is 16.6 Å². The second-order valence-corrected chi connectivity index (χ2v) is 9.61. The fourth-order valence-corrected chi connectivity index (χ4v) is 5.03. The number of carbonyl (C=O) groups is 3. The summed E-state index contributed by atoms with van der Waals surface area (Å²) in [6, 6.07) is 14.6. The Morgan fingerprint density at radius 2 is 1.66 bits per heavy atom. The first-order chi connectivity index (χ1) is 16.9. The van der Waals surface area contributed by atoms with E-state index in [0.717, 1.165) is 27.6 Å². The molecule has 1 atom stereocenters. The highest BCUT2D eigenvalue weighted by molar-refractivity contribution is 8.00. The van der Waals surface area contributed by atoms with Crippen LogP contribution in [-0.2, 0) is 9.53 Å². The van der Waals surface area contributed by atoms with Crippen LogP contribution >= 0.6 is 11.8 Å². The Bertz CT molecular complexity index is 1450. The first-order valence-electron chi connectivity index (χ1n) is 11.3. The van der Waals surface area contributed by atoms with Crippen LogP contribution in [0.1, 0.15) is 53.9 Å². The number of amides is 2. The fourth-order valence-electron chi connectivity index (χ4n) is 4.22. The molecule has 1 unspecified atom stereocenters. The van der Waals surface area contributed by atoms with E-state index in [1.54, 1.807) is 24.3 Å². The maximum absolute atomic E-state index is 12.8. The van der Waals surface area contributed by atoms with E-state index in [1.807, 2.05) is 31.2 Å². The van der Waals surface area contributed by atoms with Crippen molar-refractivity contribution in [3.05, 3.63) is 59.7 Å². The number of para-hydroxylation sites is 1. The third-order valence-electron chi connectivity index (χ3n) is 5.91. The lowest BCUT2D eigenvalue weighted by Gasteiger charge is -2.17. The zero-order valence-electron chi connectivity index (χ0n) is 19.5. The van der Waals surface area contributed by atoms with Gasteiger partial charge in [0.15, 0.2) is 12.4 Å². The van der Waals surface area contributed by atoms with Crippen molar-refractivity contribution in [3.8, 4) is 0 Å². The van der Waals surface area contributed by atoms with Crippen LogP contribution < -0.4 is 0 Å². The molecular formula is C25H23N5O4S. The Kier molecular flexibility index (Phi) is 5.98. The molecule has 5 rings (SSSR count). The molecule has 1 aliphatic heterocycles. The molecule has 0 aliphatic carbocycles. The molecule has 0 fully saturated rings. The maximum Gasteiger partial charge on any atom is 0.321 e. The molecule has 178 valence electrons. The van der Waals surface area contributed by atoms with Crippen LogP contribution in [0.5, 0.6) is 0 Å². The molecule has 0 spiro atoms. The number of ether oxygens (including phenoxy) is 1. The van der Waals surface area contributed by atoms with E-state index in [1.165, 1.54) is 0 Å². The molecule has 1 aliphatic rings. The molecule has 10 heteroatoms. The van der Waals surface area contributed by atoms with Crippen molar-refractivity contribution in [3.63, 3.8) is 0 Å². The van der Waals surface area contributed by atoms with E-state index in [9.17, 15) is 14.4 Å². The Morgan fingerprint density at radius 3 is 2.31 bits per heavy atom. The Hall–Kier alpha value is -3.79. The predicted molar refractivity (Wildman–Crippen MR) is 131 cm³/mol. The quantitative estimate of drug-likeness (QED) is 0.216. The van der Waals surface area contributed by atoms with Gasteiger partial charge in [0, 0.05) is 11.4 Å². The second-order valence-electron chi connectivity index (χ2n) is 8.44. The van der Waals surface area contributed by atoms with Gasteiger partial charge < -0.3 is 9.30 Å². The van der Waals surface area contributed by atoms with Crippen LogP contribution in [0.2, 0.25) is 0 Å². The predicted octanol–water partition coefficient (Wildman–Crippen LogP) is 4.23. The van der Waals surface area contributed by atoms with E-state index in [0.29, 0.717) is 33.9 Å². The lowest BCUT2D eigenvalue weighted by Crippen LogP contribution is -2.35. The van der Waals surface area contributed by atoms with Crippen molar-refractivity contribution >= 4 is 51.6 Å². The molecule has 4 aromatic rings. The molecule has 0 bridgehead atoms. The molecule has 0 saturated heterocycles. The van der Waals surface area contributed by atoms with Gasteiger partial charge in [-0.25, -0.2) is 9.88 Å². The molecule has 2 aromatic carbocycles. The van der Waals surface area contributed by atoms with Crippen molar-refractivity contribution < 1.29 is 19.1 Å². The highest BCUT2D eigenvalue weighted by atomic mass is 32.2. The van der Waals surface area contributed by atoms with Crippen LogP contribution in [0.4, 0.5) is 0 Å². The standard InChI is InChI=1S/C25H23N5O4S/c1-4-19(24(33)34-13-29-22(31)15-9-5-6-10-16(15)23(29)32)35-25-26-21-20(27-28-25)17-11-7-8-12-18(17)30(21)14(2)3/h5-12,14,19H,4,13H2,1-3H3. The molecule has 9 nitrogen and oxygen atoms in total. The first-order valence-corrected chi connectivity index (χ1v) is 12.2. The van der Waals surface area contributed by atoms with Crippen molar-refractivity contribution in [2.75, 3.05) is 6.73 Å². The lowest BCUT2D eigenvalue weighted by atomic mass is 10.1. The third kappa shape index (κ3) is 3.93. The number of esters is 1. The SMILES string of the molecule is CCC(Sc1nnc2c3ccccc3n(C(C)C)c2n1)C(=O)OCN1C(=O)c2ccccc2C1=O. The largest absolute Gasteiger partial charge is 0.443 e. The smallest absolute Gasteiger partial charge is 0.321 e. The van der Waals surface area contributed by atoms with Crippen molar-refractivity contribution in [1.29, 1.82) is 0 Å². The normalized spacial score (nSPS) is 14.2. The lowest BCUT2D eigenvalue weighted by molar-refractivity contribution is -0.145. The zero-order chi connectivity index (χ0) is 24.7. The molecule has 0 radical (unpaired) electrons. The fraction of sp³-hybridized carbons (Fsp3) is 0.280. The maximum atomic E-state index is 12.8. The number of aromatic nitrogens is 4. The Balaban J connectivity index is 1.34. The minimum absolute atomic E-state index is 0.151. The summed E-state index contributed by atoms with van der Waals surface area (Å²) >= 11 is 1.15. The molecular weight excluding hydrogens is 466 g/mol. The molecule has 3 heterocycles. The highest BCUT2D eigenvalue weighted by Gasteiger charge is 2.36. The Labute approximate surface area is 205 Å². The van der Waals surface area contributed by atoms with E-state index in [-0.39, 0.29) is 6.04 Å². The van der Waals surface area contributed by atoms with Crippen LogP contribution in [0.25, 0.3) is 22.1 Å². The topological polar surface area (TPSA) is 107 Å². The van der Waals surface area contributed by atoms with E-state index in [2.05, 4.69) is 28.6 Å². The number of fused-ring (bicyclic) bond motifs is 4. The van der Waals surface area contributed by atoms with E-state index in [4.69, 9.17) is 9.72 Å². The number of carbonyl (C=O) groups excluding carboxylic acids is 3. The van der Waals surface area contributed by atoms with Crippen molar-refractivity contribution in [2.45, 2.75) is 43.6 Å². The average Bonchev–Trinajstić information content (AvgIpc) is 3.32. The van der Waals surface area contributed by atoms with Gasteiger partial charge in [-0.05, 0) is 38.5 Å². The number of imide groups is 1. The summed E-state index contributed by atoms with van der Waals surface area (Å²) in [7, 11) is 0. The third-order valence-corrected chi connectivity index (χ3v) is 7.10. The summed E-state index contributed by atoms with van der Waals surface area (Å²) in [5.41, 5.74) is 3.05. The molecule has 0 saturated carbocycles. The van der Waals surface area contributed by atoms with Gasteiger partial charge in [0.2, 0.25) is 5.16 Å². The minimum Gasteiger partial charge on any atom is -0.443 e. The summed E-state index contributed by atoms with van der Waals surface area (Å²) in [5.74, 6) is -1.50. The van der Waals surface area contributed by atoms with Crippen molar-refractivity contribution in [1.82, 2.24) is 24.6 Å². The van der Waals surface area contributed by atoms with Gasteiger partial charge in [0.1, 0.15) is 10.8 Å². The second kappa shape index (κ2) is 9.10. The highest BCUT2D eigenvalue weighted by Crippen LogP contribution is 2.31. The van der Waals surface area contributed by atoms with Crippen LogP contribution in [0.15, 0.2) is 53.7 Å². The van der Waals surface area contributed by atoms with Crippen LogP contribution in [0, 0.1) is 0 Å². The molecule has 2 amide bonds. The van der Waals surface area contributed by atoms with Gasteiger partial charge in [-0.15, -0.1) is 10.2 Å². The van der Waals surface area contributed by atoms with Gasteiger partial charge in [-0.3, -0.25) is 14.4 Å². The molecule has 35 heavy (non-hydrogen) atoms. The summed E-state index contributed by atoms with van der Waals surface area (Å²) in [4.78, 5) is 43.5. The van der Waals surface area contributed by atoms with Gasteiger partial charge >= 0.3 is 5.97 Å². The molecule has 0 N–H and O–H groups in total. The van der Waals surface area contributed by atoms with Gasteiger partial charge in [-0.2, -0.15) is 0 Å². The van der Waals surface area contributed by atoms with Crippen molar-refractivity contribution in [2.24, 2.45) is 0 Å². The van der Waals surface area contributed by atoms with Gasteiger partial charge in [-0.1, -0.05) is 49.0 Å². The zero-order valence-corrected chi connectivity index (χ0v) is 20.3. The number of hydrogen-bond acceptors (Lipinski definition) is 8. The number of benzene rings is 2. The summed E-state index contributed by atoms with van der Waals surface area (Å²) in [6.07, 6.45) is 0.445. The monoisotopic (exact) mass is 489 g/mol. The Morgan fingerprint density at radius 1 is 1.00 bits per heavy atom. The van der Waals surface area contributed by atoms with E-state index < -0.39 is 29.8 Å². The number of nitrogens with zero attached hydrogens (tertiary/aromatic N) is 5. The van der Waals surface area contributed by atoms with Crippen LogP contribution in [-0.4, -0.2) is 54.4 Å². The summed E-state index contributed by atoms with van der Waals surface area (Å²) < 4.78 is 7.47. The number of hydrogen-bond donors (Lipinski definition) is 0. The summed E-state index contributed by atoms with van der Waals surface area (Å²) in [5, 5.41) is 9.36. The number of rotatable bonds is 7. The first kappa shape index (κ1) is 23.0. The van der Waals surface area contributed by atoms with Gasteiger partial charge in [0.25, 0.3) is 11.8 Å². The number of thioether (sulfide) groups is 1. The molecule has 2 aromatic heterocycles. The van der Waals surface area contributed by atoms with Crippen LogP contribution in [0.3, 0.4) is 0 Å².